The first-order valence-electron chi connectivity index (χ1n) is 6.60. The van der Waals surface area contributed by atoms with Crippen molar-refractivity contribution >= 4 is 0 Å². The van der Waals surface area contributed by atoms with Gasteiger partial charge in [0.05, 0.1) is 0 Å². The Morgan fingerprint density at radius 3 is 2.47 bits per heavy atom. The van der Waals surface area contributed by atoms with Crippen LogP contribution in [0.25, 0.3) is 0 Å². The summed E-state index contributed by atoms with van der Waals surface area (Å²) in [6.07, 6.45) is 0.967. The Balaban J connectivity index is 2.27. The molecular formula is C14H19F3N2. The largest absolute Gasteiger partial charge is 0.317 e. The molecule has 1 fully saturated rings. The lowest BCUT2D eigenvalue weighted by Gasteiger charge is -2.26. The Labute approximate surface area is 111 Å². The van der Waals surface area contributed by atoms with Crippen molar-refractivity contribution in [2.45, 2.75) is 19.4 Å². The molecule has 0 radical (unpaired) electrons. The smallest absolute Gasteiger partial charge is 0.194 e. The van der Waals surface area contributed by atoms with Gasteiger partial charge in [-0.1, -0.05) is 6.92 Å². The monoisotopic (exact) mass is 272 g/mol. The van der Waals surface area contributed by atoms with E-state index in [9.17, 15) is 13.2 Å². The number of rotatable bonds is 4. The second-order valence-electron chi connectivity index (χ2n) is 5.08. The molecule has 1 heterocycles. The maximum absolute atomic E-state index is 13.4. The fourth-order valence-electron chi connectivity index (χ4n) is 2.84. The van der Waals surface area contributed by atoms with E-state index in [0.717, 1.165) is 38.2 Å². The third kappa shape index (κ3) is 2.92. The molecule has 2 rings (SSSR count). The van der Waals surface area contributed by atoms with Crippen LogP contribution < -0.4 is 5.32 Å². The van der Waals surface area contributed by atoms with Crippen LogP contribution in [0.5, 0.6) is 0 Å². The summed E-state index contributed by atoms with van der Waals surface area (Å²) in [7, 11) is 1.93. The second kappa shape index (κ2) is 5.92. The molecule has 5 heteroatoms. The summed E-state index contributed by atoms with van der Waals surface area (Å²) in [4.78, 5) is 2.06. The molecule has 0 aromatic heterocycles. The molecule has 1 aromatic rings. The average Bonchev–Trinajstić information content (AvgIpc) is 2.74. The summed E-state index contributed by atoms with van der Waals surface area (Å²) in [5.74, 6) is -3.34. The van der Waals surface area contributed by atoms with Crippen molar-refractivity contribution in [3.05, 3.63) is 35.1 Å². The molecule has 1 N–H and O–H groups in total. The van der Waals surface area contributed by atoms with Crippen molar-refractivity contribution in [3.8, 4) is 0 Å². The fourth-order valence-corrected chi connectivity index (χ4v) is 2.84. The second-order valence-corrected chi connectivity index (χ2v) is 5.08. The van der Waals surface area contributed by atoms with Crippen molar-refractivity contribution < 1.29 is 13.2 Å². The minimum atomic E-state index is -1.40. The quantitative estimate of drug-likeness (QED) is 0.848. The minimum Gasteiger partial charge on any atom is -0.317 e. The van der Waals surface area contributed by atoms with E-state index in [0.29, 0.717) is 5.56 Å². The van der Waals surface area contributed by atoms with Gasteiger partial charge < -0.3 is 5.32 Å². The zero-order valence-corrected chi connectivity index (χ0v) is 11.2. The molecule has 0 aliphatic carbocycles. The molecule has 1 aliphatic rings. The molecule has 0 amide bonds. The highest BCUT2D eigenvalue weighted by molar-refractivity contribution is 5.24. The van der Waals surface area contributed by atoms with Gasteiger partial charge in [-0.05, 0) is 56.7 Å². The molecule has 2 atom stereocenters. The zero-order valence-electron chi connectivity index (χ0n) is 11.2. The van der Waals surface area contributed by atoms with E-state index in [4.69, 9.17) is 0 Å². The first kappa shape index (κ1) is 14.3. The Morgan fingerprint density at radius 1 is 1.26 bits per heavy atom. The molecule has 2 unspecified atom stereocenters. The van der Waals surface area contributed by atoms with Crippen LogP contribution in [0.1, 0.15) is 24.9 Å². The van der Waals surface area contributed by atoms with Gasteiger partial charge in [0.15, 0.2) is 17.5 Å². The summed E-state index contributed by atoms with van der Waals surface area (Å²) in [5, 5.41) is 3.26. The minimum absolute atomic E-state index is 0.0661. The predicted molar refractivity (Wildman–Crippen MR) is 68.3 cm³/mol. The lowest BCUT2D eigenvalue weighted by Crippen LogP contribution is -2.28. The average molecular weight is 272 g/mol. The van der Waals surface area contributed by atoms with Gasteiger partial charge in [0.25, 0.3) is 0 Å². The number of nitrogens with one attached hydrogen (secondary N) is 1. The predicted octanol–water partition coefficient (Wildman–Crippen LogP) is 2.71. The van der Waals surface area contributed by atoms with Crippen LogP contribution in [0.3, 0.4) is 0 Å². The Kier molecular flexibility index (Phi) is 4.47. The van der Waals surface area contributed by atoms with Gasteiger partial charge >= 0.3 is 0 Å². The van der Waals surface area contributed by atoms with Crippen molar-refractivity contribution in [2.75, 3.05) is 26.7 Å². The van der Waals surface area contributed by atoms with Gasteiger partial charge in [-0.2, -0.15) is 0 Å². The number of halogens is 3. The van der Waals surface area contributed by atoms with Crippen LogP contribution in [0, 0.1) is 23.4 Å². The standard InChI is InChI=1S/C14H19F3N2/c1-3-18-8-9-4-5-19(2)14(9)10-6-11(15)13(17)12(16)7-10/h6-7,9,14,18H,3-5,8H2,1-2H3. The molecular weight excluding hydrogens is 253 g/mol. The third-order valence-electron chi connectivity index (χ3n) is 3.78. The normalized spacial score (nSPS) is 24.1. The van der Waals surface area contributed by atoms with Crippen LogP contribution in [0.4, 0.5) is 13.2 Å². The summed E-state index contributed by atoms with van der Waals surface area (Å²) >= 11 is 0. The van der Waals surface area contributed by atoms with Crippen molar-refractivity contribution in [3.63, 3.8) is 0 Å². The highest BCUT2D eigenvalue weighted by Crippen LogP contribution is 2.36. The number of nitrogens with zero attached hydrogens (tertiary/aromatic N) is 1. The molecule has 0 saturated carbocycles. The lowest BCUT2D eigenvalue weighted by molar-refractivity contribution is 0.270. The summed E-state index contributed by atoms with van der Waals surface area (Å²) < 4.78 is 39.7. The topological polar surface area (TPSA) is 15.3 Å². The molecule has 19 heavy (non-hydrogen) atoms. The summed E-state index contributed by atoms with van der Waals surface area (Å²) in [6.45, 7) is 4.55. The molecule has 1 aliphatic heterocycles. The van der Waals surface area contributed by atoms with Crippen molar-refractivity contribution in [2.24, 2.45) is 5.92 Å². The molecule has 1 aromatic carbocycles. The van der Waals surface area contributed by atoms with Gasteiger partial charge in [-0.15, -0.1) is 0 Å². The van der Waals surface area contributed by atoms with E-state index in [1.807, 2.05) is 14.0 Å². The first-order chi connectivity index (χ1) is 9.04. The molecule has 0 spiro atoms. The lowest BCUT2D eigenvalue weighted by atomic mass is 9.93. The number of hydrogen-bond acceptors (Lipinski definition) is 2. The number of likely N-dealkylation sites (tertiary alicyclic amines) is 1. The molecule has 1 saturated heterocycles. The van der Waals surface area contributed by atoms with Crippen LogP contribution in [-0.4, -0.2) is 31.6 Å². The highest BCUT2D eigenvalue weighted by atomic mass is 19.2. The van der Waals surface area contributed by atoms with E-state index in [2.05, 4.69) is 10.2 Å². The fraction of sp³-hybridized carbons (Fsp3) is 0.571. The van der Waals surface area contributed by atoms with Crippen molar-refractivity contribution in [1.82, 2.24) is 10.2 Å². The van der Waals surface area contributed by atoms with E-state index in [-0.39, 0.29) is 12.0 Å². The maximum Gasteiger partial charge on any atom is 0.194 e. The van der Waals surface area contributed by atoms with Gasteiger partial charge in [-0.3, -0.25) is 4.90 Å². The van der Waals surface area contributed by atoms with Crippen LogP contribution in [0.15, 0.2) is 12.1 Å². The summed E-state index contributed by atoms with van der Waals surface area (Å²) in [5.41, 5.74) is 0.513. The van der Waals surface area contributed by atoms with Gasteiger partial charge in [0, 0.05) is 6.04 Å². The van der Waals surface area contributed by atoms with Gasteiger partial charge in [0.1, 0.15) is 0 Å². The van der Waals surface area contributed by atoms with Crippen LogP contribution >= 0.6 is 0 Å². The molecule has 106 valence electrons. The van der Waals surface area contributed by atoms with Crippen LogP contribution in [-0.2, 0) is 0 Å². The van der Waals surface area contributed by atoms with E-state index in [1.54, 1.807) is 0 Å². The third-order valence-corrected chi connectivity index (χ3v) is 3.78. The number of benzene rings is 1. The first-order valence-corrected chi connectivity index (χ1v) is 6.60. The SMILES string of the molecule is CCNCC1CCN(C)C1c1cc(F)c(F)c(F)c1. The highest BCUT2D eigenvalue weighted by Gasteiger charge is 2.33. The molecule has 2 nitrogen and oxygen atoms in total. The van der Waals surface area contributed by atoms with Gasteiger partial charge in [0.2, 0.25) is 0 Å². The Hall–Kier alpha value is -1.07. The number of hydrogen-bond donors (Lipinski definition) is 1. The zero-order chi connectivity index (χ0) is 14.0. The Bertz CT molecular complexity index is 427. The summed E-state index contributed by atoms with van der Waals surface area (Å²) in [6, 6.07) is 2.16. The Morgan fingerprint density at radius 2 is 1.89 bits per heavy atom. The maximum atomic E-state index is 13.4. The van der Waals surface area contributed by atoms with E-state index >= 15 is 0 Å². The van der Waals surface area contributed by atoms with E-state index < -0.39 is 17.5 Å². The van der Waals surface area contributed by atoms with Crippen LogP contribution in [0.2, 0.25) is 0 Å². The van der Waals surface area contributed by atoms with E-state index in [1.165, 1.54) is 0 Å². The molecule has 0 bridgehead atoms. The van der Waals surface area contributed by atoms with Gasteiger partial charge in [-0.25, -0.2) is 13.2 Å². The van der Waals surface area contributed by atoms with Crippen molar-refractivity contribution in [1.29, 1.82) is 0 Å².